The number of carbonyl (C=O) groups excluding carboxylic acids is 1. The molecule has 0 aromatic heterocycles. The van der Waals surface area contributed by atoms with Crippen LogP contribution >= 0.6 is 11.6 Å². The Hall–Kier alpha value is -1.10. The molecule has 94 valence electrons. The van der Waals surface area contributed by atoms with E-state index in [1.807, 2.05) is 26.0 Å². The Kier molecular flexibility index (Phi) is 4.93. The van der Waals surface area contributed by atoms with Crippen molar-refractivity contribution in [2.75, 3.05) is 13.2 Å². The standard InChI is InChI=1S/C12H17ClN2O2/c1-7-4-10(13)8(2)3-9(7)11(14)5-17-6-12(15)16/h3-4,11H,5-6,14H2,1-2H3,(H2,15,16). The third kappa shape index (κ3) is 4.00. The van der Waals surface area contributed by atoms with Gasteiger partial charge in [0.1, 0.15) is 6.61 Å². The van der Waals surface area contributed by atoms with Crippen molar-refractivity contribution in [1.29, 1.82) is 0 Å². The first kappa shape index (κ1) is 14.0. The number of carbonyl (C=O) groups is 1. The van der Waals surface area contributed by atoms with E-state index in [0.717, 1.165) is 21.7 Å². The first-order valence-electron chi connectivity index (χ1n) is 5.30. The molecule has 0 heterocycles. The van der Waals surface area contributed by atoms with E-state index in [1.54, 1.807) is 0 Å². The van der Waals surface area contributed by atoms with Gasteiger partial charge in [-0.25, -0.2) is 0 Å². The van der Waals surface area contributed by atoms with Crippen LogP contribution < -0.4 is 11.5 Å². The molecule has 0 aliphatic heterocycles. The van der Waals surface area contributed by atoms with Gasteiger partial charge in [0.05, 0.1) is 12.6 Å². The quantitative estimate of drug-likeness (QED) is 0.837. The number of ether oxygens (including phenoxy) is 1. The molecule has 17 heavy (non-hydrogen) atoms. The molecule has 4 nitrogen and oxygen atoms in total. The van der Waals surface area contributed by atoms with Crippen molar-refractivity contribution in [3.05, 3.63) is 33.8 Å². The Balaban J connectivity index is 2.71. The summed E-state index contributed by atoms with van der Waals surface area (Å²) >= 11 is 6.00. The Morgan fingerprint density at radius 3 is 2.65 bits per heavy atom. The van der Waals surface area contributed by atoms with Gasteiger partial charge in [0.15, 0.2) is 0 Å². The van der Waals surface area contributed by atoms with Crippen LogP contribution in [0.4, 0.5) is 0 Å². The summed E-state index contributed by atoms with van der Waals surface area (Å²) in [5, 5.41) is 0.719. The van der Waals surface area contributed by atoms with Gasteiger partial charge >= 0.3 is 0 Å². The third-order valence-corrected chi connectivity index (χ3v) is 2.90. The van der Waals surface area contributed by atoms with Crippen LogP contribution in [0, 0.1) is 13.8 Å². The van der Waals surface area contributed by atoms with Crippen molar-refractivity contribution in [2.45, 2.75) is 19.9 Å². The Morgan fingerprint density at radius 2 is 2.06 bits per heavy atom. The summed E-state index contributed by atoms with van der Waals surface area (Å²) in [5.41, 5.74) is 13.9. The lowest BCUT2D eigenvalue weighted by Crippen LogP contribution is -2.23. The third-order valence-electron chi connectivity index (χ3n) is 2.49. The molecular weight excluding hydrogens is 240 g/mol. The topological polar surface area (TPSA) is 78.3 Å². The van der Waals surface area contributed by atoms with E-state index in [9.17, 15) is 4.79 Å². The molecule has 1 rings (SSSR count). The molecule has 0 fully saturated rings. The lowest BCUT2D eigenvalue weighted by molar-refractivity contribution is -0.122. The van der Waals surface area contributed by atoms with Crippen molar-refractivity contribution in [2.24, 2.45) is 11.5 Å². The van der Waals surface area contributed by atoms with Crippen LogP contribution in [0.15, 0.2) is 12.1 Å². The average Bonchev–Trinajstić information content (AvgIpc) is 2.22. The highest BCUT2D eigenvalue weighted by Gasteiger charge is 2.11. The van der Waals surface area contributed by atoms with Crippen LogP contribution in [0.25, 0.3) is 0 Å². The molecule has 0 aliphatic carbocycles. The normalized spacial score (nSPS) is 12.5. The lowest BCUT2D eigenvalue weighted by Gasteiger charge is -2.16. The van der Waals surface area contributed by atoms with Gasteiger partial charge in [-0.2, -0.15) is 0 Å². The minimum Gasteiger partial charge on any atom is -0.370 e. The molecule has 0 spiro atoms. The van der Waals surface area contributed by atoms with Gasteiger partial charge < -0.3 is 16.2 Å². The Bertz CT molecular complexity index is 421. The number of amides is 1. The van der Waals surface area contributed by atoms with Gasteiger partial charge in [-0.1, -0.05) is 17.7 Å². The van der Waals surface area contributed by atoms with E-state index in [0.29, 0.717) is 0 Å². The molecule has 0 saturated carbocycles. The predicted molar refractivity (Wildman–Crippen MR) is 67.9 cm³/mol. The minimum atomic E-state index is -0.499. The molecule has 1 aromatic rings. The molecule has 0 aliphatic rings. The molecule has 1 atom stereocenters. The molecule has 4 N–H and O–H groups in total. The van der Waals surface area contributed by atoms with Crippen molar-refractivity contribution >= 4 is 17.5 Å². The van der Waals surface area contributed by atoms with E-state index in [1.165, 1.54) is 0 Å². The van der Waals surface area contributed by atoms with Gasteiger partial charge in [-0.3, -0.25) is 4.79 Å². The van der Waals surface area contributed by atoms with Crippen molar-refractivity contribution in [3.63, 3.8) is 0 Å². The SMILES string of the molecule is Cc1cc(C(N)COCC(N)=O)c(C)cc1Cl. The van der Waals surface area contributed by atoms with Crippen LogP contribution in [-0.2, 0) is 9.53 Å². The monoisotopic (exact) mass is 256 g/mol. The molecule has 1 amide bonds. The maximum atomic E-state index is 10.5. The number of aryl methyl sites for hydroxylation is 2. The highest BCUT2D eigenvalue weighted by molar-refractivity contribution is 6.31. The van der Waals surface area contributed by atoms with Crippen molar-refractivity contribution in [1.82, 2.24) is 0 Å². The number of rotatable bonds is 5. The summed E-state index contributed by atoms with van der Waals surface area (Å²) in [7, 11) is 0. The number of benzene rings is 1. The zero-order chi connectivity index (χ0) is 13.0. The number of halogens is 1. The van der Waals surface area contributed by atoms with E-state index >= 15 is 0 Å². The smallest absolute Gasteiger partial charge is 0.243 e. The summed E-state index contributed by atoms with van der Waals surface area (Å²) < 4.78 is 5.10. The van der Waals surface area contributed by atoms with Crippen LogP contribution in [-0.4, -0.2) is 19.1 Å². The molecule has 5 heteroatoms. The fourth-order valence-electron chi connectivity index (χ4n) is 1.58. The largest absolute Gasteiger partial charge is 0.370 e. The molecule has 1 aromatic carbocycles. The summed E-state index contributed by atoms with van der Waals surface area (Å²) in [6.45, 7) is 4.00. The second-order valence-electron chi connectivity index (χ2n) is 4.05. The Morgan fingerprint density at radius 1 is 1.41 bits per heavy atom. The maximum Gasteiger partial charge on any atom is 0.243 e. The Labute approximate surface area is 106 Å². The molecule has 0 radical (unpaired) electrons. The van der Waals surface area contributed by atoms with Crippen LogP contribution in [0.1, 0.15) is 22.7 Å². The van der Waals surface area contributed by atoms with E-state index in [-0.39, 0.29) is 19.3 Å². The zero-order valence-electron chi connectivity index (χ0n) is 10.00. The number of hydrogen-bond acceptors (Lipinski definition) is 3. The molecule has 0 saturated heterocycles. The summed E-state index contributed by atoms with van der Waals surface area (Å²) in [6, 6.07) is 3.53. The van der Waals surface area contributed by atoms with E-state index in [4.69, 9.17) is 27.8 Å². The molecule has 0 bridgehead atoms. The van der Waals surface area contributed by atoms with Crippen LogP contribution in [0.3, 0.4) is 0 Å². The van der Waals surface area contributed by atoms with Gasteiger partial charge in [0.2, 0.25) is 5.91 Å². The minimum absolute atomic E-state index is 0.112. The summed E-state index contributed by atoms with van der Waals surface area (Å²) in [4.78, 5) is 10.5. The average molecular weight is 257 g/mol. The van der Waals surface area contributed by atoms with Gasteiger partial charge in [0.25, 0.3) is 0 Å². The second-order valence-corrected chi connectivity index (χ2v) is 4.45. The highest BCUT2D eigenvalue weighted by Crippen LogP contribution is 2.24. The summed E-state index contributed by atoms with van der Waals surface area (Å²) in [5.74, 6) is -0.499. The maximum absolute atomic E-state index is 10.5. The number of hydrogen-bond donors (Lipinski definition) is 2. The predicted octanol–water partition coefficient (Wildman–Crippen LogP) is 1.46. The first-order valence-corrected chi connectivity index (χ1v) is 5.68. The fourth-order valence-corrected chi connectivity index (χ4v) is 1.80. The molecule has 1 unspecified atom stereocenters. The van der Waals surface area contributed by atoms with Crippen LogP contribution in [0.2, 0.25) is 5.02 Å². The number of nitrogens with two attached hydrogens (primary N) is 2. The van der Waals surface area contributed by atoms with E-state index < -0.39 is 5.91 Å². The summed E-state index contributed by atoms with van der Waals surface area (Å²) in [6.07, 6.45) is 0. The van der Waals surface area contributed by atoms with Crippen molar-refractivity contribution in [3.8, 4) is 0 Å². The van der Waals surface area contributed by atoms with Crippen LogP contribution in [0.5, 0.6) is 0 Å². The second kappa shape index (κ2) is 6.00. The van der Waals surface area contributed by atoms with Gasteiger partial charge in [0, 0.05) is 5.02 Å². The lowest BCUT2D eigenvalue weighted by atomic mass is 10.00. The molecular formula is C12H17ClN2O2. The fraction of sp³-hybridized carbons (Fsp3) is 0.417. The first-order chi connectivity index (χ1) is 7.91. The zero-order valence-corrected chi connectivity index (χ0v) is 10.8. The number of primary amides is 1. The highest BCUT2D eigenvalue weighted by atomic mass is 35.5. The van der Waals surface area contributed by atoms with E-state index in [2.05, 4.69) is 0 Å². The van der Waals surface area contributed by atoms with Gasteiger partial charge in [-0.05, 0) is 36.6 Å². The van der Waals surface area contributed by atoms with Gasteiger partial charge in [-0.15, -0.1) is 0 Å². The van der Waals surface area contributed by atoms with Crippen molar-refractivity contribution < 1.29 is 9.53 Å².